The molecule has 3 atom stereocenters. The molecule has 0 saturated carbocycles. The summed E-state index contributed by atoms with van der Waals surface area (Å²) in [4.78, 5) is 13.2. The maximum atomic E-state index is 11.2. The van der Waals surface area contributed by atoms with Crippen molar-refractivity contribution in [3.8, 4) is 6.07 Å². The molecule has 102 valence electrons. The van der Waals surface area contributed by atoms with Crippen molar-refractivity contribution in [2.45, 2.75) is 31.9 Å². The van der Waals surface area contributed by atoms with Crippen LogP contribution in [-0.4, -0.2) is 37.1 Å². The minimum absolute atomic E-state index is 0.0754. The normalized spacial score (nSPS) is 15.4. The highest BCUT2D eigenvalue weighted by molar-refractivity contribution is 5.66. The zero-order chi connectivity index (χ0) is 14.4. The molecular weight excluding hydrogens is 240 g/mol. The quantitative estimate of drug-likeness (QED) is 0.761. The SMILES string of the molecule is CC(=O)O[C@@H](C#N)[C@@H](c1ccccc1)[C@H](C)N(C)C. The first-order valence-corrected chi connectivity index (χ1v) is 6.25. The van der Waals surface area contributed by atoms with Gasteiger partial charge in [-0.3, -0.25) is 4.79 Å². The van der Waals surface area contributed by atoms with Gasteiger partial charge in [-0.15, -0.1) is 0 Å². The maximum absolute atomic E-state index is 11.2. The Morgan fingerprint density at radius 1 is 1.32 bits per heavy atom. The Morgan fingerprint density at radius 2 is 1.89 bits per heavy atom. The molecule has 0 aliphatic carbocycles. The summed E-state index contributed by atoms with van der Waals surface area (Å²) < 4.78 is 5.16. The van der Waals surface area contributed by atoms with Crippen molar-refractivity contribution < 1.29 is 9.53 Å². The van der Waals surface area contributed by atoms with Gasteiger partial charge in [-0.2, -0.15) is 5.26 Å². The predicted molar refractivity (Wildman–Crippen MR) is 73.5 cm³/mol. The fourth-order valence-electron chi connectivity index (χ4n) is 2.06. The smallest absolute Gasteiger partial charge is 0.303 e. The van der Waals surface area contributed by atoms with Crippen molar-refractivity contribution in [3.63, 3.8) is 0 Å². The molecule has 0 bridgehead atoms. The fraction of sp³-hybridized carbons (Fsp3) is 0.467. The van der Waals surface area contributed by atoms with Crippen molar-refractivity contribution in [1.29, 1.82) is 5.26 Å². The molecule has 4 heteroatoms. The lowest BCUT2D eigenvalue weighted by molar-refractivity contribution is -0.145. The Balaban J connectivity index is 3.12. The lowest BCUT2D eigenvalue weighted by atomic mass is 9.87. The number of hydrogen-bond acceptors (Lipinski definition) is 4. The van der Waals surface area contributed by atoms with Crippen LogP contribution in [0.15, 0.2) is 30.3 Å². The first-order chi connectivity index (χ1) is 8.97. The topological polar surface area (TPSA) is 53.3 Å². The molecule has 0 aliphatic heterocycles. The number of carbonyl (C=O) groups is 1. The number of likely N-dealkylation sites (N-methyl/N-ethyl adjacent to an activating group) is 1. The second-order valence-electron chi connectivity index (χ2n) is 4.80. The molecule has 0 aliphatic rings. The van der Waals surface area contributed by atoms with E-state index in [2.05, 4.69) is 6.07 Å². The summed E-state index contributed by atoms with van der Waals surface area (Å²) in [6, 6.07) is 11.9. The van der Waals surface area contributed by atoms with E-state index in [4.69, 9.17) is 4.74 Å². The van der Waals surface area contributed by atoms with Crippen molar-refractivity contribution in [2.24, 2.45) is 0 Å². The molecule has 0 radical (unpaired) electrons. The lowest BCUT2D eigenvalue weighted by Crippen LogP contribution is -2.38. The highest BCUT2D eigenvalue weighted by atomic mass is 16.5. The average Bonchev–Trinajstić information content (AvgIpc) is 2.38. The minimum atomic E-state index is -0.780. The number of ether oxygens (including phenoxy) is 1. The monoisotopic (exact) mass is 260 g/mol. The van der Waals surface area contributed by atoms with Crippen molar-refractivity contribution in [1.82, 2.24) is 4.90 Å². The molecule has 0 spiro atoms. The third-order valence-corrected chi connectivity index (χ3v) is 3.27. The molecule has 0 heterocycles. The van der Waals surface area contributed by atoms with Gasteiger partial charge in [-0.05, 0) is 26.6 Å². The van der Waals surface area contributed by atoms with Crippen LogP contribution in [0.5, 0.6) is 0 Å². The van der Waals surface area contributed by atoms with Crippen LogP contribution in [0, 0.1) is 11.3 Å². The van der Waals surface area contributed by atoms with E-state index in [1.807, 2.05) is 56.3 Å². The molecule has 0 aromatic heterocycles. The van der Waals surface area contributed by atoms with E-state index in [1.165, 1.54) is 6.92 Å². The van der Waals surface area contributed by atoms with Gasteiger partial charge < -0.3 is 9.64 Å². The van der Waals surface area contributed by atoms with Crippen LogP contribution >= 0.6 is 0 Å². The van der Waals surface area contributed by atoms with Gasteiger partial charge in [-0.1, -0.05) is 30.3 Å². The Hall–Kier alpha value is -1.86. The number of esters is 1. The minimum Gasteiger partial charge on any atom is -0.446 e. The van der Waals surface area contributed by atoms with Gasteiger partial charge in [0.2, 0.25) is 0 Å². The summed E-state index contributed by atoms with van der Waals surface area (Å²) in [5.41, 5.74) is 0.997. The number of carbonyl (C=O) groups excluding carboxylic acids is 1. The van der Waals surface area contributed by atoms with Crippen molar-refractivity contribution in [3.05, 3.63) is 35.9 Å². The van der Waals surface area contributed by atoms with Crippen LogP contribution in [0.1, 0.15) is 25.3 Å². The molecule has 4 nitrogen and oxygen atoms in total. The lowest BCUT2D eigenvalue weighted by Gasteiger charge is -2.32. The van der Waals surface area contributed by atoms with Gasteiger partial charge in [-0.25, -0.2) is 0 Å². The summed E-state index contributed by atoms with van der Waals surface area (Å²) in [6.07, 6.45) is -0.780. The highest BCUT2D eigenvalue weighted by Gasteiger charge is 2.31. The second-order valence-corrected chi connectivity index (χ2v) is 4.80. The van der Waals surface area contributed by atoms with Crippen molar-refractivity contribution in [2.75, 3.05) is 14.1 Å². The third kappa shape index (κ3) is 4.08. The largest absolute Gasteiger partial charge is 0.446 e. The number of nitriles is 1. The van der Waals surface area contributed by atoms with E-state index in [9.17, 15) is 10.1 Å². The summed E-state index contributed by atoms with van der Waals surface area (Å²) in [7, 11) is 3.89. The van der Waals surface area contributed by atoms with E-state index >= 15 is 0 Å². The molecule has 0 saturated heterocycles. The standard InChI is InChI=1S/C15H20N2O2/c1-11(17(3)4)15(13-8-6-5-7-9-13)14(10-16)19-12(2)18/h5-9,11,14-15H,1-4H3/t11-,14-,15+/m0/s1. The van der Waals surface area contributed by atoms with E-state index in [1.54, 1.807) is 0 Å². The Labute approximate surface area is 114 Å². The van der Waals surface area contributed by atoms with E-state index in [-0.39, 0.29) is 12.0 Å². The van der Waals surface area contributed by atoms with Gasteiger partial charge in [0.25, 0.3) is 0 Å². The van der Waals surface area contributed by atoms with Crippen LogP contribution in [0.2, 0.25) is 0 Å². The second kappa shape index (κ2) is 6.91. The van der Waals surface area contributed by atoms with Gasteiger partial charge in [0, 0.05) is 18.9 Å². The Bertz CT molecular complexity index is 451. The third-order valence-electron chi connectivity index (χ3n) is 3.27. The van der Waals surface area contributed by atoms with Gasteiger partial charge >= 0.3 is 5.97 Å². The number of hydrogen-bond donors (Lipinski definition) is 0. The first kappa shape index (κ1) is 15.2. The van der Waals surface area contributed by atoms with E-state index in [0.29, 0.717) is 0 Å². The molecule has 0 amide bonds. The van der Waals surface area contributed by atoms with E-state index in [0.717, 1.165) is 5.56 Å². The van der Waals surface area contributed by atoms with Crippen LogP contribution < -0.4 is 0 Å². The van der Waals surface area contributed by atoms with Gasteiger partial charge in [0.1, 0.15) is 6.07 Å². The van der Waals surface area contributed by atoms with E-state index < -0.39 is 12.1 Å². The predicted octanol–water partition coefficient (Wildman–Crippen LogP) is 2.18. The zero-order valence-electron chi connectivity index (χ0n) is 11.8. The molecule has 1 aromatic carbocycles. The Kier molecular flexibility index (Phi) is 5.53. The van der Waals surface area contributed by atoms with Crippen LogP contribution in [-0.2, 0) is 9.53 Å². The zero-order valence-corrected chi connectivity index (χ0v) is 11.8. The molecule has 0 fully saturated rings. The molecule has 1 aromatic rings. The van der Waals surface area contributed by atoms with Crippen LogP contribution in [0.4, 0.5) is 0 Å². The number of benzene rings is 1. The molecule has 0 unspecified atom stereocenters. The van der Waals surface area contributed by atoms with Crippen LogP contribution in [0.3, 0.4) is 0 Å². The first-order valence-electron chi connectivity index (χ1n) is 6.25. The van der Waals surface area contributed by atoms with Gasteiger partial charge in [0.05, 0.1) is 0 Å². The summed E-state index contributed by atoms with van der Waals surface area (Å²) in [5, 5.41) is 9.29. The Morgan fingerprint density at radius 3 is 2.32 bits per heavy atom. The summed E-state index contributed by atoms with van der Waals surface area (Å²) in [6.45, 7) is 3.35. The summed E-state index contributed by atoms with van der Waals surface area (Å²) in [5.74, 6) is -0.608. The molecule has 19 heavy (non-hydrogen) atoms. The van der Waals surface area contributed by atoms with Gasteiger partial charge in [0.15, 0.2) is 6.10 Å². The number of rotatable bonds is 5. The van der Waals surface area contributed by atoms with Crippen LogP contribution in [0.25, 0.3) is 0 Å². The maximum Gasteiger partial charge on any atom is 0.303 e. The number of nitrogens with zero attached hydrogens (tertiary/aromatic N) is 2. The molecule has 1 rings (SSSR count). The summed E-state index contributed by atoms with van der Waals surface area (Å²) >= 11 is 0. The molecule has 0 N–H and O–H groups in total. The fourth-order valence-corrected chi connectivity index (χ4v) is 2.06. The highest BCUT2D eigenvalue weighted by Crippen LogP contribution is 2.27. The average molecular weight is 260 g/mol. The van der Waals surface area contributed by atoms with Crippen molar-refractivity contribution >= 4 is 5.97 Å². The molecular formula is C15H20N2O2.